The molecule has 0 aliphatic heterocycles. The molecule has 18 heavy (non-hydrogen) atoms. The summed E-state index contributed by atoms with van der Waals surface area (Å²) in [6.45, 7) is 0.477. The number of carbonyl (C=O) groups excluding carboxylic acids is 1. The zero-order chi connectivity index (χ0) is 13.0. The van der Waals surface area contributed by atoms with E-state index < -0.39 is 0 Å². The summed E-state index contributed by atoms with van der Waals surface area (Å²) in [5.74, 6) is 0. The molecule has 1 heterocycles. The highest BCUT2D eigenvalue weighted by Crippen LogP contribution is 2.22. The lowest BCUT2D eigenvalue weighted by atomic mass is 10.1. The van der Waals surface area contributed by atoms with Crippen LogP contribution in [0.15, 0.2) is 30.5 Å². The van der Waals surface area contributed by atoms with Crippen LogP contribution in [0.5, 0.6) is 0 Å². The third-order valence-electron chi connectivity index (χ3n) is 2.49. The van der Waals surface area contributed by atoms with Crippen LogP contribution >= 0.6 is 11.6 Å². The third-order valence-corrected chi connectivity index (χ3v) is 2.74. The molecule has 0 fully saturated rings. The Morgan fingerprint density at radius 3 is 2.72 bits per heavy atom. The predicted molar refractivity (Wildman–Crippen MR) is 68.3 cm³/mol. The van der Waals surface area contributed by atoms with Crippen LogP contribution in [0.3, 0.4) is 0 Å². The molecule has 0 radical (unpaired) electrons. The zero-order valence-corrected chi connectivity index (χ0v) is 10.3. The lowest BCUT2D eigenvalue weighted by Crippen LogP contribution is -1.97. The molecule has 0 atom stereocenters. The Morgan fingerprint density at radius 2 is 2.11 bits per heavy atom. The third kappa shape index (κ3) is 2.58. The number of hydrogen-bond donors (Lipinski definition) is 0. The summed E-state index contributed by atoms with van der Waals surface area (Å²) in [5.41, 5.74) is 1.95. The Labute approximate surface area is 109 Å². The molecule has 0 spiro atoms. The first-order valence-corrected chi connectivity index (χ1v) is 5.78. The fraction of sp³-hybridized carbons (Fsp3) is 0.154. The number of aryl methyl sites for hydroxylation is 1. The first-order valence-electron chi connectivity index (χ1n) is 5.40. The number of aromatic nitrogens is 2. The second-order valence-electron chi connectivity index (χ2n) is 3.73. The second-order valence-corrected chi connectivity index (χ2v) is 4.17. The van der Waals surface area contributed by atoms with Crippen molar-refractivity contribution in [3.05, 3.63) is 41.0 Å². The smallest absolute Gasteiger partial charge is 0.153 e. The number of benzene rings is 1. The molecule has 0 unspecified atom stereocenters. The lowest BCUT2D eigenvalue weighted by Gasteiger charge is -1.98. The van der Waals surface area contributed by atoms with Crippen molar-refractivity contribution in [2.45, 2.75) is 13.0 Å². The van der Waals surface area contributed by atoms with Crippen molar-refractivity contribution in [3.63, 3.8) is 0 Å². The summed E-state index contributed by atoms with van der Waals surface area (Å²) in [6, 6.07) is 9.17. The number of aldehydes is 1. The van der Waals surface area contributed by atoms with E-state index in [1.807, 2.05) is 18.2 Å². The number of rotatable bonds is 4. The Morgan fingerprint density at radius 1 is 1.39 bits per heavy atom. The van der Waals surface area contributed by atoms with Crippen LogP contribution in [0.4, 0.5) is 0 Å². The van der Waals surface area contributed by atoms with E-state index in [-0.39, 0.29) is 0 Å². The minimum absolute atomic E-state index is 0.361. The van der Waals surface area contributed by atoms with Gasteiger partial charge in [0, 0.05) is 16.8 Å². The minimum atomic E-state index is 0.361. The van der Waals surface area contributed by atoms with Crippen LogP contribution in [-0.4, -0.2) is 16.1 Å². The molecule has 5 heteroatoms. The molecule has 90 valence electrons. The van der Waals surface area contributed by atoms with Crippen LogP contribution in [-0.2, 0) is 6.54 Å². The second kappa shape index (κ2) is 5.48. The monoisotopic (exact) mass is 259 g/mol. The van der Waals surface area contributed by atoms with Gasteiger partial charge in [-0.05, 0) is 12.1 Å². The van der Waals surface area contributed by atoms with Crippen LogP contribution in [0, 0.1) is 11.3 Å². The molecule has 4 nitrogen and oxygen atoms in total. The maximum Gasteiger partial charge on any atom is 0.153 e. The number of hydrogen-bond acceptors (Lipinski definition) is 3. The largest absolute Gasteiger partial charge is 0.298 e. The summed E-state index contributed by atoms with van der Waals surface area (Å²) >= 11 is 5.82. The van der Waals surface area contributed by atoms with Gasteiger partial charge in [-0.2, -0.15) is 10.4 Å². The van der Waals surface area contributed by atoms with Crippen LogP contribution < -0.4 is 0 Å². The Kier molecular flexibility index (Phi) is 3.75. The van der Waals surface area contributed by atoms with Crippen molar-refractivity contribution >= 4 is 17.9 Å². The highest BCUT2D eigenvalue weighted by atomic mass is 35.5. The highest BCUT2D eigenvalue weighted by molar-refractivity contribution is 6.30. The Hall–Kier alpha value is -2.12. The zero-order valence-electron chi connectivity index (χ0n) is 9.51. The van der Waals surface area contributed by atoms with Crippen LogP contribution in [0.1, 0.15) is 16.8 Å². The molecular formula is C13H10ClN3O. The molecule has 2 aromatic rings. The van der Waals surface area contributed by atoms with E-state index in [1.54, 1.807) is 23.0 Å². The molecule has 0 bridgehead atoms. The van der Waals surface area contributed by atoms with Crippen molar-refractivity contribution in [2.75, 3.05) is 0 Å². The van der Waals surface area contributed by atoms with Crippen molar-refractivity contribution in [3.8, 4) is 17.3 Å². The average molecular weight is 260 g/mol. The normalized spacial score (nSPS) is 10.0. The van der Waals surface area contributed by atoms with E-state index in [4.69, 9.17) is 16.9 Å². The van der Waals surface area contributed by atoms with Gasteiger partial charge in [0.2, 0.25) is 0 Å². The van der Waals surface area contributed by atoms with Gasteiger partial charge >= 0.3 is 0 Å². The van der Waals surface area contributed by atoms with Crippen LogP contribution in [0.25, 0.3) is 11.3 Å². The minimum Gasteiger partial charge on any atom is -0.298 e. The van der Waals surface area contributed by atoms with E-state index in [0.29, 0.717) is 29.2 Å². The van der Waals surface area contributed by atoms with E-state index in [1.165, 1.54) is 0 Å². The van der Waals surface area contributed by atoms with Gasteiger partial charge in [-0.15, -0.1) is 0 Å². The topological polar surface area (TPSA) is 58.7 Å². The van der Waals surface area contributed by atoms with Gasteiger partial charge in [0.25, 0.3) is 0 Å². The number of halogens is 1. The molecule has 0 aliphatic rings. The molecule has 0 aliphatic carbocycles. The Bertz CT molecular complexity index is 596. The molecule has 0 amide bonds. The Balaban J connectivity index is 2.37. The summed E-state index contributed by atoms with van der Waals surface area (Å²) in [5, 5.41) is 13.5. The molecule has 0 saturated carbocycles. The first kappa shape index (κ1) is 12.3. The molecule has 2 rings (SSSR count). The molecular weight excluding hydrogens is 250 g/mol. The van der Waals surface area contributed by atoms with Gasteiger partial charge in [-0.3, -0.25) is 9.48 Å². The summed E-state index contributed by atoms with van der Waals surface area (Å²) in [6.07, 6.45) is 2.77. The maximum absolute atomic E-state index is 11.0. The summed E-state index contributed by atoms with van der Waals surface area (Å²) < 4.78 is 1.61. The van der Waals surface area contributed by atoms with E-state index in [2.05, 4.69) is 5.10 Å². The van der Waals surface area contributed by atoms with Gasteiger partial charge in [0.15, 0.2) is 6.29 Å². The number of nitriles is 1. The lowest BCUT2D eigenvalue weighted by molar-refractivity contribution is 0.112. The van der Waals surface area contributed by atoms with Gasteiger partial charge < -0.3 is 0 Å². The van der Waals surface area contributed by atoms with Gasteiger partial charge in [-0.25, -0.2) is 0 Å². The van der Waals surface area contributed by atoms with Gasteiger partial charge in [0.1, 0.15) is 5.69 Å². The summed E-state index contributed by atoms with van der Waals surface area (Å²) in [7, 11) is 0. The number of carbonyl (C=O) groups is 1. The fourth-order valence-corrected chi connectivity index (χ4v) is 1.76. The van der Waals surface area contributed by atoms with Crippen LogP contribution in [0.2, 0.25) is 5.02 Å². The van der Waals surface area contributed by atoms with E-state index >= 15 is 0 Å². The summed E-state index contributed by atoms with van der Waals surface area (Å²) in [4.78, 5) is 11.0. The molecule has 0 N–H and O–H groups in total. The average Bonchev–Trinajstić information content (AvgIpc) is 2.80. The quantitative estimate of drug-likeness (QED) is 0.793. The van der Waals surface area contributed by atoms with E-state index in [0.717, 1.165) is 11.8 Å². The van der Waals surface area contributed by atoms with Crippen molar-refractivity contribution in [2.24, 2.45) is 0 Å². The van der Waals surface area contributed by atoms with Crippen molar-refractivity contribution in [1.82, 2.24) is 9.78 Å². The van der Waals surface area contributed by atoms with Crippen molar-refractivity contribution < 1.29 is 4.79 Å². The molecule has 1 aromatic heterocycles. The molecule has 1 aromatic carbocycles. The number of nitrogens with zero attached hydrogens (tertiary/aromatic N) is 3. The predicted octanol–water partition coefficient (Wildman–Crippen LogP) is 2.93. The van der Waals surface area contributed by atoms with Gasteiger partial charge in [0.05, 0.1) is 24.6 Å². The van der Waals surface area contributed by atoms with E-state index in [9.17, 15) is 4.79 Å². The van der Waals surface area contributed by atoms with Crippen molar-refractivity contribution in [1.29, 1.82) is 5.26 Å². The first-order chi connectivity index (χ1) is 8.74. The molecule has 0 saturated heterocycles. The maximum atomic E-state index is 11.0. The van der Waals surface area contributed by atoms with Gasteiger partial charge in [-0.1, -0.05) is 23.7 Å². The SMILES string of the molecule is N#CCCn1cc(C=O)c(-c2ccc(Cl)cc2)n1. The fourth-order valence-electron chi connectivity index (χ4n) is 1.63. The standard InChI is InChI=1S/C13H10ClN3O/c14-12-4-2-10(3-5-12)13-11(9-18)8-17(16-13)7-1-6-15/h2-5,8-9H,1,7H2. The highest BCUT2D eigenvalue weighted by Gasteiger charge is 2.10.